The molecule has 0 N–H and O–H groups in total. The Bertz CT molecular complexity index is 182. The minimum absolute atomic E-state index is 0.698. The highest BCUT2D eigenvalue weighted by atomic mass is 32.4. The quantitative estimate of drug-likeness (QED) is 0.504. The van der Waals surface area contributed by atoms with Crippen LogP contribution in [0.25, 0.3) is 0 Å². The molecular formula is C10H21NSSi. The summed E-state index contributed by atoms with van der Waals surface area (Å²) in [5, 5.41) is 0.758. The Morgan fingerprint density at radius 3 is 2.54 bits per heavy atom. The van der Waals surface area contributed by atoms with Crippen molar-refractivity contribution < 1.29 is 0 Å². The predicted molar refractivity (Wildman–Crippen MR) is 66.5 cm³/mol. The van der Waals surface area contributed by atoms with E-state index < -0.39 is 7.22 Å². The van der Waals surface area contributed by atoms with E-state index in [0.717, 1.165) is 11.7 Å². The molecule has 0 aromatic rings. The highest BCUT2D eigenvalue weighted by Crippen LogP contribution is 2.27. The number of aliphatic imine (C=N–C) groups is 1. The van der Waals surface area contributed by atoms with Gasteiger partial charge in [0.1, 0.15) is 7.22 Å². The van der Waals surface area contributed by atoms with Gasteiger partial charge in [0, 0.05) is 17.5 Å². The van der Waals surface area contributed by atoms with Gasteiger partial charge in [0.25, 0.3) is 0 Å². The van der Waals surface area contributed by atoms with Gasteiger partial charge in [-0.15, -0.1) is 0 Å². The van der Waals surface area contributed by atoms with E-state index in [4.69, 9.17) is 0 Å². The Labute approximate surface area is 87.1 Å². The zero-order chi connectivity index (χ0) is 9.90. The lowest BCUT2D eigenvalue weighted by Crippen LogP contribution is -2.18. The average molecular weight is 215 g/mol. The van der Waals surface area contributed by atoms with Crippen molar-refractivity contribution >= 4 is 24.6 Å². The summed E-state index contributed by atoms with van der Waals surface area (Å²) in [5.74, 6) is 0. The molecule has 0 aliphatic heterocycles. The average Bonchev–Trinajstić information content (AvgIpc) is 2.66. The van der Waals surface area contributed by atoms with Gasteiger partial charge in [0.15, 0.2) is 0 Å². The molecule has 1 saturated carbocycles. The molecule has 1 unspecified atom stereocenters. The molecule has 0 amide bonds. The third kappa shape index (κ3) is 6.33. The highest BCUT2D eigenvalue weighted by molar-refractivity contribution is 8.29. The van der Waals surface area contributed by atoms with Crippen LogP contribution in [0, 0.1) is 0 Å². The Morgan fingerprint density at radius 2 is 2.08 bits per heavy atom. The first-order chi connectivity index (χ1) is 5.97. The summed E-state index contributed by atoms with van der Waals surface area (Å²) in [6, 6.07) is 0.698. The first-order valence-electron chi connectivity index (χ1n) is 5.17. The van der Waals surface area contributed by atoms with Gasteiger partial charge in [-0.25, -0.2) is 0 Å². The molecule has 0 aromatic heterocycles. The molecule has 13 heavy (non-hydrogen) atoms. The van der Waals surface area contributed by atoms with Crippen LogP contribution in [-0.2, 0) is 0 Å². The van der Waals surface area contributed by atoms with Gasteiger partial charge in [0.2, 0.25) is 0 Å². The summed E-state index contributed by atoms with van der Waals surface area (Å²) in [7, 11) is -0.927. The van der Waals surface area contributed by atoms with E-state index in [1.54, 1.807) is 0 Å². The van der Waals surface area contributed by atoms with Gasteiger partial charge in [-0.2, -0.15) is 11.2 Å². The maximum absolute atomic E-state index is 4.48. The van der Waals surface area contributed by atoms with Crippen LogP contribution in [0.2, 0.25) is 19.6 Å². The van der Waals surface area contributed by atoms with Gasteiger partial charge in [-0.3, -0.25) is 4.99 Å². The van der Waals surface area contributed by atoms with E-state index in [1.165, 1.54) is 12.8 Å². The molecule has 1 atom stereocenters. The smallest absolute Gasteiger partial charge is 0.108 e. The molecule has 0 bridgehead atoms. The summed E-state index contributed by atoms with van der Waals surface area (Å²) >= 11 is 2.18. The van der Waals surface area contributed by atoms with E-state index in [9.17, 15) is 0 Å². The second-order valence-corrected chi connectivity index (χ2v) is 14.5. The molecule has 0 heterocycles. The van der Waals surface area contributed by atoms with Gasteiger partial charge in [-0.05, 0) is 19.3 Å². The van der Waals surface area contributed by atoms with Crippen LogP contribution in [0.4, 0.5) is 0 Å². The molecule has 1 fully saturated rings. The second-order valence-electron chi connectivity index (χ2n) is 4.84. The molecule has 0 aromatic carbocycles. The first-order valence-corrected chi connectivity index (χ1v) is 10.3. The van der Waals surface area contributed by atoms with E-state index in [1.807, 2.05) is 0 Å². The fourth-order valence-electron chi connectivity index (χ4n) is 1.23. The summed E-state index contributed by atoms with van der Waals surface area (Å²) in [6.45, 7) is 9.55. The summed E-state index contributed by atoms with van der Waals surface area (Å²) in [5.41, 5.74) is 0. The van der Waals surface area contributed by atoms with Crippen molar-refractivity contribution in [2.75, 3.05) is 0 Å². The predicted octanol–water partition coefficient (Wildman–Crippen LogP) is 3.57. The van der Waals surface area contributed by atoms with Crippen molar-refractivity contribution in [3.8, 4) is 0 Å². The third-order valence-corrected chi connectivity index (χ3v) is 6.49. The maximum atomic E-state index is 4.48. The number of hydrogen-bond acceptors (Lipinski definition) is 2. The van der Waals surface area contributed by atoms with Crippen LogP contribution >= 0.6 is 11.2 Å². The monoisotopic (exact) mass is 215 g/mol. The van der Waals surface area contributed by atoms with Crippen molar-refractivity contribution in [3.05, 3.63) is 0 Å². The molecule has 76 valence electrons. The van der Waals surface area contributed by atoms with Gasteiger partial charge in [-0.1, -0.05) is 26.6 Å². The lowest BCUT2D eigenvalue weighted by molar-refractivity contribution is 1.00. The topological polar surface area (TPSA) is 12.4 Å². The van der Waals surface area contributed by atoms with Crippen molar-refractivity contribution in [1.29, 1.82) is 0 Å². The van der Waals surface area contributed by atoms with Crippen LogP contribution in [0.1, 0.15) is 26.2 Å². The van der Waals surface area contributed by atoms with E-state index in [0.29, 0.717) is 6.04 Å². The first kappa shape index (κ1) is 11.3. The maximum Gasteiger partial charge on any atom is 0.108 e. The van der Waals surface area contributed by atoms with Gasteiger partial charge in [0.05, 0.1) is 0 Å². The molecule has 1 nitrogen and oxygen atoms in total. The molecule has 0 spiro atoms. The SMILES string of the molecule is CC(C/C=N\C1CC1)S[Si](C)(C)C. The standard InChI is InChI=1S/C10H21NSSi/c1-9(12-13(2,3)4)7-8-11-10-5-6-10/h8-10H,5-7H2,1-4H3/b11-8-. The molecular weight excluding hydrogens is 194 g/mol. The molecule has 0 radical (unpaired) electrons. The van der Waals surface area contributed by atoms with Crippen LogP contribution in [-0.4, -0.2) is 24.7 Å². The zero-order valence-corrected chi connectivity index (χ0v) is 11.0. The molecule has 1 aliphatic carbocycles. The second kappa shape index (κ2) is 4.65. The van der Waals surface area contributed by atoms with E-state index in [-0.39, 0.29) is 0 Å². The van der Waals surface area contributed by atoms with Crippen molar-refractivity contribution in [3.63, 3.8) is 0 Å². The van der Waals surface area contributed by atoms with Crippen LogP contribution in [0.5, 0.6) is 0 Å². The Hall–Kier alpha value is 0.237. The fourth-order valence-corrected chi connectivity index (χ4v) is 6.53. The van der Waals surface area contributed by atoms with Crippen LogP contribution in [0.3, 0.4) is 0 Å². The fraction of sp³-hybridized carbons (Fsp3) is 0.900. The normalized spacial score (nSPS) is 20.9. The Balaban J connectivity index is 2.12. The molecule has 0 saturated heterocycles. The van der Waals surface area contributed by atoms with Crippen LogP contribution in [0.15, 0.2) is 4.99 Å². The zero-order valence-electron chi connectivity index (χ0n) is 9.21. The summed E-state index contributed by atoms with van der Waals surface area (Å²) in [4.78, 5) is 4.48. The molecule has 1 aliphatic rings. The molecule has 3 heteroatoms. The van der Waals surface area contributed by atoms with Gasteiger partial charge >= 0.3 is 0 Å². The Kier molecular flexibility index (Phi) is 4.04. The summed E-state index contributed by atoms with van der Waals surface area (Å²) in [6.07, 6.45) is 5.96. The number of nitrogens with zero attached hydrogens (tertiary/aromatic N) is 1. The molecule has 1 rings (SSSR count). The summed E-state index contributed by atoms with van der Waals surface area (Å²) < 4.78 is 0. The highest BCUT2D eigenvalue weighted by Gasteiger charge is 2.20. The minimum Gasteiger partial charge on any atom is -0.294 e. The van der Waals surface area contributed by atoms with Gasteiger partial charge < -0.3 is 0 Å². The lowest BCUT2D eigenvalue weighted by atomic mass is 10.3. The van der Waals surface area contributed by atoms with E-state index >= 15 is 0 Å². The number of rotatable bonds is 5. The largest absolute Gasteiger partial charge is 0.294 e. The van der Waals surface area contributed by atoms with Crippen LogP contribution < -0.4 is 0 Å². The Morgan fingerprint density at radius 1 is 1.46 bits per heavy atom. The van der Waals surface area contributed by atoms with Crippen molar-refractivity contribution in [2.24, 2.45) is 4.99 Å². The van der Waals surface area contributed by atoms with Crippen molar-refractivity contribution in [2.45, 2.75) is 57.1 Å². The third-order valence-electron chi connectivity index (χ3n) is 1.86. The van der Waals surface area contributed by atoms with E-state index in [2.05, 4.69) is 49.0 Å². The minimum atomic E-state index is -0.927. The lowest BCUT2D eigenvalue weighted by Gasteiger charge is -2.19. The number of hydrogen-bond donors (Lipinski definition) is 0. The van der Waals surface area contributed by atoms with Crippen molar-refractivity contribution in [1.82, 2.24) is 0 Å².